The molecule has 2 heteroatoms. The number of fused-ring (bicyclic) bond motifs is 6. The number of aryl methyl sites for hydroxylation is 1. The van der Waals surface area contributed by atoms with Crippen LogP contribution in [0, 0.1) is 6.92 Å². The molecule has 0 aliphatic carbocycles. The summed E-state index contributed by atoms with van der Waals surface area (Å²) in [4.78, 5) is 9.06. The van der Waals surface area contributed by atoms with Crippen LogP contribution in [0.3, 0.4) is 0 Å². The standard InChI is InChI=1S/C17H12N2/c1-11-6-7-13-12-4-2-3-5-14(12)16-17(15(13)10-11)19-9-8-18-16/h2-10H,1H3. The van der Waals surface area contributed by atoms with Crippen molar-refractivity contribution in [3.8, 4) is 0 Å². The van der Waals surface area contributed by atoms with Gasteiger partial charge in [-0.05, 0) is 23.8 Å². The number of benzene rings is 3. The molecule has 0 aliphatic rings. The summed E-state index contributed by atoms with van der Waals surface area (Å²) in [5, 5.41) is 4.84. The average Bonchev–Trinajstić information content (AvgIpc) is 2.47. The third-order valence-electron chi connectivity index (χ3n) is 3.60. The molecular formula is C17H12N2. The molecule has 4 rings (SSSR count). The van der Waals surface area contributed by atoms with Crippen molar-refractivity contribution in [1.82, 2.24) is 9.97 Å². The Morgan fingerprint density at radius 2 is 1.32 bits per heavy atom. The van der Waals surface area contributed by atoms with Gasteiger partial charge in [0.05, 0.1) is 11.0 Å². The molecule has 1 aromatic heterocycles. The molecular weight excluding hydrogens is 232 g/mol. The van der Waals surface area contributed by atoms with Crippen molar-refractivity contribution in [1.29, 1.82) is 0 Å². The van der Waals surface area contributed by atoms with Crippen LogP contribution in [0.2, 0.25) is 0 Å². The van der Waals surface area contributed by atoms with Crippen molar-refractivity contribution < 1.29 is 0 Å². The van der Waals surface area contributed by atoms with E-state index in [2.05, 4.69) is 59.4 Å². The maximum Gasteiger partial charge on any atom is 0.0971 e. The Kier molecular flexibility index (Phi) is 2.06. The minimum absolute atomic E-state index is 0.983. The van der Waals surface area contributed by atoms with Crippen molar-refractivity contribution in [2.24, 2.45) is 0 Å². The predicted octanol–water partition coefficient (Wildman–Crippen LogP) is 4.24. The van der Waals surface area contributed by atoms with Gasteiger partial charge in [0.2, 0.25) is 0 Å². The van der Waals surface area contributed by atoms with Gasteiger partial charge >= 0.3 is 0 Å². The van der Waals surface area contributed by atoms with E-state index in [4.69, 9.17) is 0 Å². The SMILES string of the molecule is Cc1ccc2c3ccccc3c3nccnc3c2c1. The van der Waals surface area contributed by atoms with Crippen LogP contribution in [0.15, 0.2) is 54.9 Å². The average molecular weight is 244 g/mol. The third kappa shape index (κ3) is 1.43. The zero-order chi connectivity index (χ0) is 12.8. The van der Waals surface area contributed by atoms with Crippen LogP contribution in [0.1, 0.15) is 5.56 Å². The largest absolute Gasteiger partial charge is 0.252 e. The van der Waals surface area contributed by atoms with Gasteiger partial charge in [0.15, 0.2) is 0 Å². The first-order valence-electron chi connectivity index (χ1n) is 6.36. The highest BCUT2D eigenvalue weighted by Gasteiger charge is 2.09. The Bertz CT molecular complexity index is 891. The van der Waals surface area contributed by atoms with Gasteiger partial charge in [0.25, 0.3) is 0 Å². The Morgan fingerprint density at radius 3 is 2.11 bits per heavy atom. The fourth-order valence-corrected chi connectivity index (χ4v) is 2.75. The van der Waals surface area contributed by atoms with E-state index in [1.54, 1.807) is 12.4 Å². The topological polar surface area (TPSA) is 25.8 Å². The molecule has 0 saturated heterocycles. The zero-order valence-corrected chi connectivity index (χ0v) is 10.6. The molecule has 1 heterocycles. The summed E-state index contributed by atoms with van der Waals surface area (Å²) in [5.41, 5.74) is 3.21. The first-order chi connectivity index (χ1) is 9.34. The van der Waals surface area contributed by atoms with Gasteiger partial charge in [-0.25, -0.2) is 0 Å². The summed E-state index contributed by atoms with van der Waals surface area (Å²) in [6, 6.07) is 14.9. The highest BCUT2D eigenvalue weighted by molar-refractivity contribution is 6.22. The van der Waals surface area contributed by atoms with E-state index in [9.17, 15) is 0 Å². The van der Waals surface area contributed by atoms with Crippen molar-refractivity contribution in [3.63, 3.8) is 0 Å². The van der Waals surface area contributed by atoms with Gasteiger partial charge in [-0.3, -0.25) is 9.97 Å². The second-order valence-electron chi connectivity index (χ2n) is 4.85. The third-order valence-corrected chi connectivity index (χ3v) is 3.60. The Hall–Kier alpha value is -2.48. The second kappa shape index (κ2) is 3.75. The van der Waals surface area contributed by atoms with Crippen molar-refractivity contribution in [2.75, 3.05) is 0 Å². The van der Waals surface area contributed by atoms with Crippen LogP contribution in [-0.2, 0) is 0 Å². The minimum Gasteiger partial charge on any atom is -0.252 e. The highest BCUT2D eigenvalue weighted by atomic mass is 14.8. The summed E-state index contributed by atoms with van der Waals surface area (Å²) in [5.74, 6) is 0. The van der Waals surface area contributed by atoms with E-state index in [-0.39, 0.29) is 0 Å². The summed E-state index contributed by atoms with van der Waals surface area (Å²) in [6.45, 7) is 2.11. The van der Waals surface area contributed by atoms with Gasteiger partial charge in [-0.15, -0.1) is 0 Å². The molecule has 2 nitrogen and oxygen atoms in total. The summed E-state index contributed by atoms with van der Waals surface area (Å²) >= 11 is 0. The maximum atomic E-state index is 4.54. The Balaban J connectivity index is 2.43. The second-order valence-corrected chi connectivity index (χ2v) is 4.85. The van der Waals surface area contributed by atoms with E-state index in [0.29, 0.717) is 0 Å². The van der Waals surface area contributed by atoms with Crippen LogP contribution in [-0.4, -0.2) is 9.97 Å². The van der Waals surface area contributed by atoms with Gasteiger partial charge in [-0.2, -0.15) is 0 Å². The van der Waals surface area contributed by atoms with Gasteiger partial charge < -0.3 is 0 Å². The van der Waals surface area contributed by atoms with E-state index in [1.807, 2.05) is 0 Å². The molecule has 0 saturated carbocycles. The first kappa shape index (κ1) is 10.4. The zero-order valence-electron chi connectivity index (χ0n) is 10.6. The lowest BCUT2D eigenvalue weighted by Crippen LogP contribution is -1.88. The fourth-order valence-electron chi connectivity index (χ4n) is 2.75. The molecule has 0 spiro atoms. The van der Waals surface area contributed by atoms with E-state index < -0.39 is 0 Å². The van der Waals surface area contributed by atoms with Gasteiger partial charge in [-0.1, -0.05) is 42.0 Å². The maximum absolute atomic E-state index is 4.54. The molecule has 0 bridgehead atoms. The number of rotatable bonds is 0. The van der Waals surface area contributed by atoms with Crippen molar-refractivity contribution >= 4 is 32.6 Å². The molecule has 0 N–H and O–H groups in total. The molecule has 3 aromatic carbocycles. The molecule has 4 aromatic rings. The van der Waals surface area contributed by atoms with E-state index in [0.717, 1.165) is 11.0 Å². The number of hydrogen-bond acceptors (Lipinski definition) is 2. The minimum atomic E-state index is 0.983. The smallest absolute Gasteiger partial charge is 0.0971 e. The molecule has 0 atom stereocenters. The molecule has 90 valence electrons. The summed E-state index contributed by atoms with van der Waals surface area (Å²) in [7, 11) is 0. The Labute approximate surface area is 110 Å². The molecule has 0 amide bonds. The fraction of sp³-hybridized carbons (Fsp3) is 0.0588. The van der Waals surface area contributed by atoms with Crippen LogP contribution >= 0.6 is 0 Å². The lowest BCUT2D eigenvalue weighted by atomic mass is 9.98. The molecule has 19 heavy (non-hydrogen) atoms. The molecule has 0 aliphatic heterocycles. The van der Waals surface area contributed by atoms with Crippen LogP contribution in [0.25, 0.3) is 32.6 Å². The number of hydrogen-bond donors (Lipinski definition) is 0. The van der Waals surface area contributed by atoms with Crippen molar-refractivity contribution in [3.05, 3.63) is 60.4 Å². The van der Waals surface area contributed by atoms with E-state index >= 15 is 0 Å². The van der Waals surface area contributed by atoms with Gasteiger partial charge in [0.1, 0.15) is 0 Å². The quantitative estimate of drug-likeness (QED) is 0.432. The lowest BCUT2D eigenvalue weighted by Gasteiger charge is -2.08. The normalized spacial score (nSPS) is 11.4. The van der Waals surface area contributed by atoms with E-state index in [1.165, 1.54) is 27.1 Å². The Morgan fingerprint density at radius 1 is 0.684 bits per heavy atom. The monoisotopic (exact) mass is 244 g/mol. The molecule has 0 radical (unpaired) electrons. The van der Waals surface area contributed by atoms with Crippen LogP contribution < -0.4 is 0 Å². The highest BCUT2D eigenvalue weighted by Crippen LogP contribution is 2.32. The molecule has 0 fully saturated rings. The summed E-state index contributed by atoms with van der Waals surface area (Å²) in [6.07, 6.45) is 3.52. The molecule has 0 unspecified atom stereocenters. The van der Waals surface area contributed by atoms with Crippen LogP contribution in [0.5, 0.6) is 0 Å². The van der Waals surface area contributed by atoms with Crippen LogP contribution in [0.4, 0.5) is 0 Å². The lowest BCUT2D eigenvalue weighted by molar-refractivity contribution is 1.31. The van der Waals surface area contributed by atoms with Crippen molar-refractivity contribution in [2.45, 2.75) is 6.92 Å². The van der Waals surface area contributed by atoms with Gasteiger partial charge in [0, 0.05) is 23.2 Å². The number of aromatic nitrogens is 2. The first-order valence-corrected chi connectivity index (χ1v) is 6.36. The predicted molar refractivity (Wildman–Crippen MR) is 79.3 cm³/mol. The number of nitrogens with zero attached hydrogens (tertiary/aromatic N) is 2. The summed E-state index contributed by atoms with van der Waals surface area (Å²) < 4.78 is 0.